The molecule has 0 radical (unpaired) electrons. The molecule has 0 aliphatic rings. The molecule has 0 saturated heterocycles. The second kappa shape index (κ2) is 7.07. The predicted octanol–water partition coefficient (Wildman–Crippen LogP) is 2.79. The van der Waals surface area contributed by atoms with E-state index < -0.39 is 0 Å². The van der Waals surface area contributed by atoms with Crippen LogP contribution in [0.25, 0.3) is 0 Å². The molecule has 0 aliphatic heterocycles. The summed E-state index contributed by atoms with van der Waals surface area (Å²) < 4.78 is 0. The Kier molecular flexibility index (Phi) is 5.13. The van der Waals surface area contributed by atoms with Crippen molar-refractivity contribution in [1.82, 2.24) is 5.32 Å². The molecule has 0 amide bonds. The minimum Gasteiger partial charge on any atom is -0.395 e. The van der Waals surface area contributed by atoms with E-state index in [2.05, 4.69) is 60.8 Å². The fourth-order valence-corrected chi connectivity index (χ4v) is 2.50. The van der Waals surface area contributed by atoms with Gasteiger partial charge >= 0.3 is 0 Å². The molecule has 0 aliphatic carbocycles. The quantitative estimate of drug-likeness (QED) is 0.832. The van der Waals surface area contributed by atoms with Gasteiger partial charge in [0.2, 0.25) is 0 Å². The van der Waals surface area contributed by atoms with E-state index in [9.17, 15) is 0 Å². The van der Waals surface area contributed by atoms with Gasteiger partial charge < -0.3 is 10.4 Å². The first-order valence-electron chi connectivity index (χ1n) is 6.77. The fraction of sp³-hybridized carbons (Fsp3) is 0.294. The van der Waals surface area contributed by atoms with Crippen LogP contribution in [-0.4, -0.2) is 24.3 Å². The van der Waals surface area contributed by atoms with Gasteiger partial charge in [-0.3, -0.25) is 0 Å². The lowest BCUT2D eigenvalue weighted by Gasteiger charge is -2.26. The van der Waals surface area contributed by atoms with E-state index >= 15 is 0 Å². The average Bonchev–Trinajstić information content (AvgIpc) is 2.47. The SMILES string of the molecule is CC(NCCO)C(c1ccccc1)c1ccccc1. The summed E-state index contributed by atoms with van der Waals surface area (Å²) in [6, 6.07) is 21.3. The highest BCUT2D eigenvalue weighted by atomic mass is 16.3. The average molecular weight is 255 g/mol. The van der Waals surface area contributed by atoms with Crippen LogP contribution in [0.4, 0.5) is 0 Å². The molecule has 1 unspecified atom stereocenters. The van der Waals surface area contributed by atoms with E-state index in [0.717, 1.165) is 0 Å². The van der Waals surface area contributed by atoms with Gasteiger partial charge in [-0.2, -0.15) is 0 Å². The molecular weight excluding hydrogens is 234 g/mol. The van der Waals surface area contributed by atoms with Gasteiger partial charge in [0, 0.05) is 18.5 Å². The van der Waals surface area contributed by atoms with E-state index in [0.29, 0.717) is 12.5 Å². The van der Waals surface area contributed by atoms with Gasteiger partial charge in [0.25, 0.3) is 0 Å². The maximum Gasteiger partial charge on any atom is 0.0556 e. The zero-order chi connectivity index (χ0) is 13.5. The van der Waals surface area contributed by atoms with Crippen LogP contribution < -0.4 is 5.32 Å². The molecule has 2 rings (SSSR count). The van der Waals surface area contributed by atoms with Crippen molar-refractivity contribution in [3.8, 4) is 0 Å². The highest BCUT2D eigenvalue weighted by Crippen LogP contribution is 2.27. The van der Waals surface area contributed by atoms with Crippen LogP contribution in [-0.2, 0) is 0 Å². The number of aliphatic hydroxyl groups excluding tert-OH is 1. The Labute approximate surface area is 115 Å². The maximum atomic E-state index is 8.98. The van der Waals surface area contributed by atoms with Gasteiger partial charge in [0.05, 0.1) is 6.61 Å². The lowest BCUT2D eigenvalue weighted by atomic mass is 9.86. The first-order chi connectivity index (χ1) is 9.33. The van der Waals surface area contributed by atoms with Gasteiger partial charge in [-0.1, -0.05) is 60.7 Å². The molecule has 0 saturated carbocycles. The Morgan fingerprint density at radius 3 is 1.79 bits per heavy atom. The number of rotatable bonds is 6. The molecule has 0 heterocycles. The van der Waals surface area contributed by atoms with Crippen molar-refractivity contribution in [2.24, 2.45) is 0 Å². The third-order valence-corrected chi connectivity index (χ3v) is 3.40. The van der Waals surface area contributed by atoms with Crippen molar-refractivity contribution in [2.75, 3.05) is 13.2 Å². The van der Waals surface area contributed by atoms with Gasteiger partial charge in [-0.05, 0) is 18.1 Å². The number of benzene rings is 2. The number of nitrogens with one attached hydrogen (secondary N) is 1. The summed E-state index contributed by atoms with van der Waals surface area (Å²) in [5.41, 5.74) is 2.60. The summed E-state index contributed by atoms with van der Waals surface area (Å²) in [4.78, 5) is 0. The normalized spacial score (nSPS) is 12.6. The highest BCUT2D eigenvalue weighted by Gasteiger charge is 2.20. The Hall–Kier alpha value is -1.64. The zero-order valence-electron chi connectivity index (χ0n) is 11.3. The van der Waals surface area contributed by atoms with E-state index in [4.69, 9.17) is 5.11 Å². The molecule has 0 bridgehead atoms. The Morgan fingerprint density at radius 2 is 1.37 bits per heavy atom. The van der Waals surface area contributed by atoms with Gasteiger partial charge in [-0.25, -0.2) is 0 Å². The van der Waals surface area contributed by atoms with E-state index in [-0.39, 0.29) is 12.6 Å². The molecule has 2 nitrogen and oxygen atoms in total. The molecule has 2 heteroatoms. The predicted molar refractivity (Wildman–Crippen MR) is 79.3 cm³/mol. The molecule has 1 atom stereocenters. The van der Waals surface area contributed by atoms with Crippen molar-refractivity contribution in [2.45, 2.75) is 18.9 Å². The van der Waals surface area contributed by atoms with Crippen molar-refractivity contribution >= 4 is 0 Å². The second-order valence-electron chi connectivity index (χ2n) is 4.77. The van der Waals surface area contributed by atoms with E-state index in [1.165, 1.54) is 11.1 Å². The Balaban J connectivity index is 2.29. The third-order valence-electron chi connectivity index (χ3n) is 3.40. The lowest BCUT2D eigenvalue weighted by molar-refractivity contribution is 0.283. The monoisotopic (exact) mass is 255 g/mol. The first-order valence-corrected chi connectivity index (χ1v) is 6.77. The van der Waals surface area contributed by atoms with Crippen LogP contribution in [0.1, 0.15) is 24.0 Å². The van der Waals surface area contributed by atoms with Crippen molar-refractivity contribution < 1.29 is 5.11 Å². The van der Waals surface area contributed by atoms with Crippen molar-refractivity contribution in [3.63, 3.8) is 0 Å². The van der Waals surface area contributed by atoms with E-state index in [1.54, 1.807) is 0 Å². The molecule has 2 N–H and O–H groups in total. The van der Waals surface area contributed by atoms with Crippen LogP contribution in [0.2, 0.25) is 0 Å². The molecule has 100 valence electrons. The summed E-state index contributed by atoms with van der Waals surface area (Å²) in [5.74, 6) is 0.300. The van der Waals surface area contributed by atoms with Gasteiger partial charge in [0.1, 0.15) is 0 Å². The Morgan fingerprint density at radius 1 is 0.895 bits per heavy atom. The van der Waals surface area contributed by atoms with Crippen LogP contribution in [0.3, 0.4) is 0 Å². The van der Waals surface area contributed by atoms with Crippen molar-refractivity contribution in [1.29, 1.82) is 0 Å². The molecule has 0 aromatic heterocycles. The molecule has 0 spiro atoms. The Bertz CT molecular complexity index is 430. The first kappa shape index (κ1) is 13.8. The van der Waals surface area contributed by atoms with Crippen LogP contribution >= 0.6 is 0 Å². The summed E-state index contributed by atoms with van der Waals surface area (Å²) in [5, 5.41) is 12.4. The van der Waals surface area contributed by atoms with E-state index in [1.807, 2.05) is 12.1 Å². The summed E-state index contributed by atoms with van der Waals surface area (Å²) in [6.07, 6.45) is 0. The maximum absolute atomic E-state index is 8.98. The number of hydrogen-bond acceptors (Lipinski definition) is 2. The van der Waals surface area contributed by atoms with Crippen LogP contribution in [0.5, 0.6) is 0 Å². The summed E-state index contributed by atoms with van der Waals surface area (Å²) in [7, 11) is 0. The smallest absolute Gasteiger partial charge is 0.0556 e. The van der Waals surface area contributed by atoms with Crippen LogP contribution in [0.15, 0.2) is 60.7 Å². The third kappa shape index (κ3) is 3.66. The summed E-state index contributed by atoms with van der Waals surface area (Å²) >= 11 is 0. The standard InChI is InChI=1S/C17H21NO/c1-14(18-12-13-19)17(15-8-4-2-5-9-15)16-10-6-3-7-11-16/h2-11,14,17-19H,12-13H2,1H3. The lowest BCUT2D eigenvalue weighted by Crippen LogP contribution is -2.34. The number of hydrogen-bond donors (Lipinski definition) is 2. The summed E-state index contributed by atoms with van der Waals surface area (Å²) in [6.45, 7) is 2.96. The van der Waals surface area contributed by atoms with Gasteiger partial charge in [-0.15, -0.1) is 0 Å². The molecule has 2 aromatic rings. The zero-order valence-corrected chi connectivity index (χ0v) is 11.3. The van der Waals surface area contributed by atoms with Gasteiger partial charge in [0.15, 0.2) is 0 Å². The largest absolute Gasteiger partial charge is 0.395 e. The molecule has 19 heavy (non-hydrogen) atoms. The van der Waals surface area contributed by atoms with Crippen molar-refractivity contribution in [3.05, 3.63) is 71.8 Å². The fourth-order valence-electron chi connectivity index (χ4n) is 2.50. The molecule has 0 fully saturated rings. The number of aliphatic hydroxyl groups is 1. The second-order valence-corrected chi connectivity index (χ2v) is 4.77. The topological polar surface area (TPSA) is 32.3 Å². The molecule has 2 aromatic carbocycles. The minimum atomic E-state index is 0.167. The highest BCUT2D eigenvalue weighted by molar-refractivity contribution is 5.34. The molecular formula is C17H21NO. The van der Waals surface area contributed by atoms with Crippen LogP contribution in [0, 0.1) is 0 Å². The minimum absolute atomic E-state index is 0.167.